The van der Waals surface area contributed by atoms with E-state index in [1.165, 1.54) is 5.56 Å². The summed E-state index contributed by atoms with van der Waals surface area (Å²) in [4.78, 5) is 0. The number of aryl methyl sites for hydroxylation is 1. The zero-order valence-corrected chi connectivity index (χ0v) is 12.2. The summed E-state index contributed by atoms with van der Waals surface area (Å²) in [5.41, 5.74) is 2.34. The molecule has 0 aliphatic heterocycles. The van der Waals surface area contributed by atoms with Crippen LogP contribution in [0.4, 0.5) is 0 Å². The van der Waals surface area contributed by atoms with Gasteiger partial charge in [-0.1, -0.05) is 18.2 Å². The molecule has 0 atom stereocenters. The number of methoxy groups -OCH3 is 1. The Kier molecular flexibility index (Phi) is 8.21. The minimum Gasteiger partial charge on any atom is -0.491 e. The molecule has 108 valence electrons. The lowest BCUT2D eigenvalue weighted by atomic mass is 10.1. The van der Waals surface area contributed by atoms with Crippen molar-refractivity contribution in [2.24, 2.45) is 0 Å². The van der Waals surface area contributed by atoms with E-state index in [-0.39, 0.29) is 0 Å². The average molecular weight is 267 g/mol. The van der Waals surface area contributed by atoms with Gasteiger partial charge in [0.2, 0.25) is 0 Å². The fourth-order valence-electron chi connectivity index (χ4n) is 1.86. The van der Waals surface area contributed by atoms with Crippen LogP contribution in [0.5, 0.6) is 5.75 Å². The topological polar surface area (TPSA) is 39.7 Å². The molecule has 0 bridgehead atoms. The number of benzene rings is 1. The zero-order valence-electron chi connectivity index (χ0n) is 12.2. The third-order valence-corrected chi connectivity index (χ3v) is 2.77. The van der Waals surface area contributed by atoms with Crippen LogP contribution in [0.25, 0.3) is 0 Å². The Labute approximate surface area is 116 Å². The van der Waals surface area contributed by atoms with Gasteiger partial charge in [-0.05, 0) is 26.0 Å². The first-order chi connectivity index (χ1) is 9.29. The van der Waals surface area contributed by atoms with Gasteiger partial charge in [0, 0.05) is 32.4 Å². The van der Waals surface area contributed by atoms with Gasteiger partial charge in [0.15, 0.2) is 0 Å². The molecule has 0 aliphatic carbocycles. The van der Waals surface area contributed by atoms with Crippen molar-refractivity contribution in [1.82, 2.24) is 5.32 Å². The molecule has 0 fully saturated rings. The van der Waals surface area contributed by atoms with Crippen LogP contribution in [-0.2, 0) is 16.0 Å². The quantitative estimate of drug-likeness (QED) is 0.659. The molecule has 1 N–H and O–H groups in total. The van der Waals surface area contributed by atoms with Crippen molar-refractivity contribution in [1.29, 1.82) is 0 Å². The van der Waals surface area contributed by atoms with Gasteiger partial charge < -0.3 is 19.5 Å². The monoisotopic (exact) mass is 267 g/mol. The van der Waals surface area contributed by atoms with Crippen molar-refractivity contribution < 1.29 is 14.2 Å². The maximum absolute atomic E-state index is 5.83. The van der Waals surface area contributed by atoms with Crippen LogP contribution < -0.4 is 10.1 Å². The molecule has 0 unspecified atom stereocenters. The van der Waals surface area contributed by atoms with Crippen LogP contribution in [0.15, 0.2) is 18.2 Å². The highest BCUT2D eigenvalue weighted by molar-refractivity contribution is 5.40. The minimum absolute atomic E-state index is 0.578. The van der Waals surface area contributed by atoms with E-state index in [1.54, 1.807) is 7.11 Å². The zero-order chi connectivity index (χ0) is 13.9. The van der Waals surface area contributed by atoms with Crippen molar-refractivity contribution in [3.05, 3.63) is 29.3 Å². The molecule has 0 aliphatic rings. The average Bonchev–Trinajstić information content (AvgIpc) is 2.41. The van der Waals surface area contributed by atoms with Crippen molar-refractivity contribution in [3.63, 3.8) is 0 Å². The van der Waals surface area contributed by atoms with Gasteiger partial charge in [-0.3, -0.25) is 0 Å². The van der Waals surface area contributed by atoms with E-state index >= 15 is 0 Å². The van der Waals surface area contributed by atoms with E-state index in [0.29, 0.717) is 19.8 Å². The smallest absolute Gasteiger partial charge is 0.126 e. The summed E-state index contributed by atoms with van der Waals surface area (Å²) < 4.78 is 16.3. The van der Waals surface area contributed by atoms with Gasteiger partial charge in [0.1, 0.15) is 12.4 Å². The van der Waals surface area contributed by atoms with E-state index in [0.717, 1.165) is 30.9 Å². The molecule has 0 spiro atoms. The Balaban J connectivity index is 2.32. The summed E-state index contributed by atoms with van der Waals surface area (Å²) in [5.74, 6) is 0.970. The molecule has 0 saturated heterocycles. The summed E-state index contributed by atoms with van der Waals surface area (Å²) >= 11 is 0. The first kappa shape index (κ1) is 16.0. The number of hydrogen-bond acceptors (Lipinski definition) is 4. The van der Waals surface area contributed by atoms with Gasteiger partial charge in [-0.15, -0.1) is 0 Å². The molecule has 0 heterocycles. The predicted octanol–water partition coefficient (Wildman–Crippen LogP) is 2.15. The van der Waals surface area contributed by atoms with Crippen molar-refractivity contribution >= 4 is 0 Å². The fraction of sp³-hybridized carbons (Fsp3) is 0.600. The highest BCUT2D eigenvalue weighted by Gasteiger charge is 2.05. The second-order valence-corrected chi connectivity index (χ2v) is 4.40. The summed E-state index contributed by atoms with van der Waals surface area (Å²) in [7, 11) is 3.63. The maximum atomic E-state index is 5.83. The van der Waals surface area contributed by atoms with Gasteiger partial charge >= 0.3 is 0 Å². The van der Waals surface area contributed by atoms with Gasteiger partial charge in [0.05, 0.1) is 6.61 Å². The Morgan fingerprint density at radius 2 is 1.95 bits per heavy atom. The summed E-state index contributed by atoms with van der Waals surface area (Å²) in [5, 5.41) is 3.15. The molecular formula is C15H25NO3. The highest BCUT2D eigenvalue weighted by Crippen LogP contribution is 2.23. The third kappa shape index (κ3) is 6.05. The lowest BCUT2D eigenvalue weighted by Crippen LogP contribution is -2.12. The molecule has 0 saturated carbocycles. The second kappa shape index (κ2) is 9.78. The van der Waals surface area contributed by atoms with Crippen molar-refractivity contribution in [2.45, 2.75) is 19.9 Å². The van der Waals surface area contributed by atoms with E-state index in [2.05, 4.69) is 30.4 Å². The predicted molar refractivity (Wildman–Crippen MR) is 76.7 cm³/mol. The van der Waals surface area contributed by atoms with Gasteiger partial charge in [-0.25, -0.2) is 0 Å². The minimum atomic E-state index is 0.578. The number of para-hydroxylation sites is 1. The van der Waals surface area contributed by atoms with Crippen LogP contribution in [0.2, 0.25) is 0 Å². The van der Waals surface area contributed by atoms with Crippen LogP contribution in [0.3, 0.4) is 0 Å². The van der Waals surface area contributed by atoms with Crippen LogP contribution in [0, 0.1) is 6.92 Å². The highest BCUT2D eigenvalue weighted by atomic mass is 16.5. The van der Waals surface area contributed by atoms with E-state index in [1.807, 2.05) is 7.05 Å². The van der Waals surface area contributed by atoms with Crippen LogP contribution in [0.1, 0.15) is 17.5 Å². The van der Waals surface area contributed by atoms with E-state index in [9.17, 15) is 0 Å². The number of hydrogen-bond donors (Lipinski definition) is 1. The van der Waals surface area contributed by atoms with Crippen molar-refractivity contribution in [2.75, 3.05) is 40.6 Å². The Morgan fingerprint density at radius 1 is 1.11 bits per heavy atom. The normalized spacial score (nSPS) is 10.7. The molecule has 1 rings (SSSR count). The SMILES string of the molecule is CNCc1cccc(C)c1OCCOCCCOC. The lowest BCUT2D eigenvalue weighted by Gasteiger charge is -2.14. The lowest BCUT2D eigenvalue weighted by molar-refractivity contribution is 0.0802. The molecule has 1 aromatic rings. The molecule has 4 heteroatoms. The number of ether oxygens (including phenoxy) is 3. The molecule has 0 amide bonds. The van der Waals surface area contributed by atoms with Crippen LogP contribution in [-0.4, -0.2) is 40.6 Å². The van der Waals surface area contributed by atoms with Crippen LogP contribution >= 0.6 is 0 Å². The van der Waals surface area contributed by atoms with Gasteiger partial charge in [0.25, 0.3) is 0 Å². The van der Waals surface area contributed by atoms with E-state index in [4.69, 9.17) is 14.2 Å². The Bertz CT molecular complexity index is 355. The number of nitrogens with one attached hydrogen (secondary N) is 1. The Morgan fingerprint density at radius 3 is 2.68 bits per heavy atom. The van der Waals surface area contributed by atoms with Crippen molar-refractivity contribution in [3.8, 4) is 5.75 Å². The standard InChI is InChI=1S/C15H25NO3/c1-13-6-4-7-14(12-16-2)15(13)19-11-10-18-9-5-8-17-3/h4,6-7,16H,5,8-12H2,1-3H3. The Hall–Kier alpha value is -1.10. The summed E-state index contributed by atoms with van der Waals surface area (Å²) in [6.07, 6.45) is 0.922. The first-order valence-corrected chi connectivity index (χ1v) is 6.72. The maximum Gasteiger partial charge on any atom is 0.126 e. The first-order valence-electron chi connectivity index (χ1n) is 6.72. The van der Waals surface area contributed by atoms with E-state index < -0.39 is 0 Å². The fourth-order valence-corrected chi connectivity index (χ4v) is 1.86. The summed E-state index contributed by atoms with van der Waals surface area (Å²) in [6, 6.07) is 6.20. The molecule has 0 radical (unpaired) electrons. The molecule has 19 heavy (non-hydrogen) atoms. The summed E-state index contributed by atoms with van der Waals surface area (Å²) in [6.45, 7) is 5.52. The molecular weight excluding hydrogens is 242 g/mol. The molecule has 4 nitrogen and oxygen atoms in total. The second-order valence-electron chi connectivity index (χ2n) is 4.40. The molecule has 1 aromatic carbocycles. The molecule has 0 aromatic heterocycles. The number of rotatable bonds is 10. The van der Waals surface area contributed by atoms with Gasteiger partial charge in [-0.2, -0.15) is 0 Å². The largest absolute Gasteiger partial charge is 0.491 e. The third-order valence-electron chi connectivity index (χ3n) is 2.77.